The second-order valence-electron chi connectivity index (χ2n) is 4.43. The zero-order valence-corrected chi connectivity index (χ0v) is 10.8. The van der Waals surface area contributed by atoms with Gasteiger partial charge in [-0.05, 0) is 5.92 Å². The summed E-state index contributed by atoms with van der Waals surface area (Å²) >= 11 is 0. The molecule has 0 saturated carbocycles. The van der Waals surface area contributed by atoms with Crippen molar-refractivity contribution in [3.05, 3.63) is 33.5 Å². The smallest absolute Gasteiger partial charge is 0.338 e. The first kappa shape index (κ1) is 13.0. The van der Waals surface area contributed by atoms with Crippen LogP contribution in [-0.4, -0.2) is 28.2 Å². The summed E-state index contributed by atoms with van der Waals surface area (Å²) < 4.78 is 4.68. The van der Waals surface area contributed by atoms with Crippen molar-refractivity contribution in [1.29, 1.82) is 0 Å². The first-order chi connectivity index (χ1) is 8.95. The number of non-ortho nitro benzene ring substituents is 1. The number of hydrogen-bond acceptors (Lipinski definition) is 5. The Morgan fingerprint density at radius 1 is 1.47 bits per heavy atom. The van der Waals surface area contributed by atoms with Gasteiger partial charge in [0.05, 0.1) is 28.8 Å². The van der Waals surface area contributed by atoms with Gasteiger partial charge >= 0.3 is 5.97 Å². The van der Waals surface area contributed by atoms with Crippen molar-refractivity contribution in [3.8, 4) is 0 Å². The molecular weight excluding hydrogens is 250 g/mol. The number of carbonyl (C=O) groups excluding carboxylic acids is 1. The Bertz CT molecular complexity index is 660. The molecule has 0 bridgehead atoms. The van der Waals surface area contributed by atoms with E-state index in [1.165, 1.54) is 19.2 Å². The molecule has 7 nitrogen and oxygen atoms in total. The van der Waals surface area contributed by atoms with Crippen molar-refractivity contribution in [2.24, 2.45) is 0 Å². The van der Waals surface area contributed by atoms with Gasteiger partial charge in [-0.25, -0.2) is 4.79 Å². The standard InChI is InChI=1S/C12H13N3O4/c1-6(2)11-10-8(12(16)19-3)4-7(15(17)18)5-9(10)13-14-11/h4-6H,1-3H3,(H,13,14). The van der Waals surface area contributed by atoms with Gasteiger partial charge in [-0.3, -0.25) is 15.2 Å². The second-order valence-corrected chi connectivity index (χ2v) is 4.43. The highest BCUT2D eigenvalue weighted by Crippen LogP contribution is 2.30. The molecule has 0 amide bonds. The van der Waals surface area contributed by atoms with Gasteiger partial charge in [0.25, 0.3) is 5.69 Å². The Kier molecular flexibility index (Phi) is 3.20. The summed E-state index contributed by atoms with van der Waals surface area (Å²) in [5, 5.41) is 18.3. The molecular formula is C12H13N3O4. The molecule has 19 heavy (non-hydrogen) atoms. The van der Waals surface area contributed by atoms with Crippen LogP contribution >= 0.6 is 0 Å². The van der Waals surface area contributed by atoms with Crippen LogP contribution in [0.15, 0.2) is 12.1 Å². The number of nitro groups is 1. The predicted octanol–water partition coefficient (Wildman–Crippen LogP) is 2.38. The number of hydrogen-bond donors (Lipinski definition) is 1. The van der Waals surface area contributed by atoms with Crippen molar-refractivity contribution in [2.75, 3.05) is 7.11 Å². The molecule has 0 aliphatic rings. The lowest BCUT2D eigenvalue weighted by atomic mass is 10.0. The fourth-order valence-electron chi connectivity index (χ4n) is 1.96. The van der Waals surface area contributed by atoms with Crippen LogP contribution < -0.4 is 0 Å². The van der Waals surface area contributed by atoms with E-state index in [0.29, 0.717) is 16.6 Å². The fraction of sp³-hybridized carbons (Fsp3) is 0.333. The van der Waals surface area contributed by atoms with Crippen molar-refractivity contribution in [1.82, 2.24) is 10.2 Å². The number of nitro benzene ring substituents is 1. The number of rotatable bonds is 3. The summed E-state index contributed by atoms with van der Waals surface area (Å²) in [7, 11) is 1.24. The van der Waals surface area contributed by atoms with E-state index in [1.807, 2.05) is 13.8 Å². The van der Waals surface area contributed by atoms with E-state index in [1.54, 1.807) is 0 Å². The van der Waals surface area contributed by atoms with E-state index in [0.717, 1.165) is 0 Å². The lowest BCUT2D eigenvalue weighted by Crippen LogP contribution is -2.04. The number of ether oxygens (including phenoxy) is 1. The molecule has 2 rings (SSSR count). The lowest BCUT2D eigenvalue weighted by molar-refractivity contribution is -0.384. The van der Waals surface area contributed by atoms with Gasteiger partial charge in [0.15, 0.2) is 0 Å². The van der Waals surface area contributed by atoms with E-state index in [4.69, 9.17) is 0 Å². The van der Waals surface area contributed by atoms with Gasteiger partial charge in [-0.2, -0.15) is 5.10 Å². The van der Waals surface area contributed by atoms with Gasteiger partial charge in [0, 0.05) is 17.5 Å². The zero-order valence-electron chi connectivity index (χ0n) is 10.8. The first-order valence-electron chi connectivity index (χ1n) is 5.70. The van der Waals surface area contributed by atoms with E-state index in [-0.39, 0.29) is 17.2 Å². The largest absolute Gasteiger partial charge is 0.465 e. The van der Waals surface area contributed by atoms with Crippen LogP contribution in [0.1, 0.15) is 35.8 Å². The highest BCUT2D eigenvalue weighted by molar-refractivity contribution is 6.05. The minimum Gasteiger partial charge on any atom is -0.465 e. The molecule has 1 aromatic carbocycles. The van der Waals surface area contributed by atoms with Crippen LogP contribution in [0.2, 0.25) is 0 Å². The number of aromatic amines is 1. The van der Waals surface area contributed by atoms with Crippen molar-refractivity contribution >= 4 is 22.6 Å². The van der Waals surface area contributed by atoms with Gasteiger partial charge in [0.2, 0.25) is 0 Å². The Labute approximate surface area is 108 Å². The van der Waals surface area contributed by atoms with Gasteiger partial charge in [0.1, 0.15) is 0 Å². The first-order valence-corrected chi connectivity index (χ1v) is 5.70. The normalized spacial score (nSPS) is 10.9. The second kappa shape index (κ2) is 4.68. The molecule has 0 fully saturated rings. The Morgan fingerprint density at radius 3 is 2.68 bits per heavy atom. The molecule has 2 aromatic rings. The Morgan fingerprint density at radius 2 is 2.16 bits per heavy atom. The molecule has 1 N–H and O–H groups in total. The molecule has 0 radical (unpaired) electrons. The maximum Gasteiger partial charge on any atom is 0.338 e. The number of esters is 1. The summed E-state index contributed by atoms with van der Waals surface area (Å²) in [6, 6.07) is 2.58. The van der Waals surface area contributed by atoms with Crippen LogP contribution in [-0.2, 0) is 4.74 Å². The van der Waals surface area contributed by atoms with E-state index < -0.39 is 10.9 Å². The average molecular weight is 263 g/mol. The molecule has 0 unspecified atom stereocenters. The van der Waals surface area contributed by atoms with Crippen molar-refractivity contribution < 1.29 is 14.5 Å². The number of aromatic nitrogens is 2. The van der Waals surface area contributed by atoms with Crippen LogP contribution in [0.25, 0.3) is 10.9 Å². The summed E-state index contributed by atoms with van der Waals surface area (Å²) in [6.07, 6.45) is 0. The monoisotopic (exact) mass is 263 g/mol. The SMILES string of the molecule is COC(=O)c1cc([N+](=O)[O-])cc2[nH]nc(C(C)C)c12. The summed E-state index contributed by atoms with van der Waals surface area (Å²) in [5.74, 6) is -0.532. The Hall–Kier alpha value is -2.44. The molecule has 1 aromatic heterocycles. The van der Waals surface area contributed by atoms with Crippen LogP contribution in [0.5, 0.6) is 0 Å². The van der Waals surface area contributed by atoms with E-state index in [2.05, 4.69) is 14.9 Å². The molecule has 0 spiro atoms. The summed E-state index contributed by atoms with van der Waals surface area (Å²) in [6.45, 7) is 3.86. The third-order valence-corrected chi connectivity index (χ3v) is 2.84. The van der Waals surface area contributed by atoms with Crippen LogP contribution in [0.3, 0.4) is 0 Å². The van der Waals surface area contributed by atoms with Crippen LogP contribution in [0.4, 0.5) is 5.69 Å². The number of nitrogens with one attached hydrogen (secondary N) is 1. The van der Waals surface area contributed by atoms with Crippen LogP contribution in [0, 0.1) is 10.1 Å². The third-order valence-electron chi connectivity index (χ3n) is 2.84. The number of carbonyl (C=O) groups is 1. The highest BCUT2D eigenvalue weighted by atomic mass is 16.6. The molecule has 7 heteroatoms. The van der Waals surface area contributed by atoms with Gasteiger partial charge < -0.3 is 4.74 Å². The number of H-pyrrole nitrogens is 1. The number of methoxy groups -OCH3 is 1. The van der Waals surface area contributed by atoms with Crippen molar-refractivity contribution in [2.45, 2.75) is 19.8 Å². The number of benzene rings is 1. The minimum atomic E-state index is -0.614. The van der Waals surface area contributed by atoms with E-state index in [9.17, 15) is 14.9 Å². The zero-order chi connectivity index (χ0) is 14.2. The number of fused-ring (bicyclic) bond motifs is 1. The topological polar surface area (TPSA) is 98.1 Å². The predicted molar refractivity (Wildman–Crippen MR) is 68.2 cm³/mol. The lowest BCUT2D eigenvalue weighted by Gasteiger charge is -2.05. The molecule has 0 atom stereocenters. The van der Waals surface area contributed by atoms with Crippen molar-refractivity contribution in [3.63, 3.8) is 0 Å². The summed E-state index contributed by atoms with van der Waals surface area (Å²) in [4.78, 5) is 22.1. The molecule has 100 valence electrons. The third kappa shape index (κ3) is 2.14. The molecule has 0 aliphatic carbocycles. The highest BCUT2D eigenvalue weighted by Gasteiger charge is 2.22. The average Bonchev–Trinajstić information content (AvgIpc) is 2.80. The maximum atomic E-state index is 11.8. The maximum absolute atomic E-state index is 11.8. The summed E-state index contributed by atoms with van der Waals surface area (Å²) in [5.41, 5.74) is 1.12. The quantitative estimate of drug-likeness (QED) is 0.520. The van der Waals surface area contributed by atoms with E-state index >= 15 is 0 Å². The molecule has 0 saturated heterocycles. The molecule has 1 heterocycles. The minimum absolute atomic E-state index is 0.0820. The Balaban J connectivity index is 2.81. The van der Waals surface area contributed by atoms with Gasteiger partial charge in [-0.1, -0.05) is 13.8 Å². The molecule has 0 aliphatic heterocycles. The van der Waals surface area contributed by atoms with Gasteiger partial charge in [-0.15, -0.1) is 0 Å². The fourth-order valence-corrected chi connectivity index (χ4v) is 1.96. The number of nitrogens with zero attached hydrogens (tertiary/aromatic N) is 2.